The first-order valence-electron chi connectivity index (χ1n) is 5.72. The molecule has 0 saturated carbocycles. The number of alkyl halides is 3. The van der Waals surface area contributed by atoms with Crippen LogP contribution >= 0.6 is 15.9 Å². The van der Waals surface area contributed by atoms with Crippen molar-refractivity contribution in [3.63, 3.8) is 0 Å². The van der Waals surface area contributed by atoms with Crippen molar-refractivity contribution in [2.75, 3.05) is 5.32 Å². The normalized spacial score (nSPS) is 11.4. The maximum atomic E-state index is 13.6. The second-order valence-electron chi connectivity index (χ2n) is 4.11. The van der Waals surface area contributed by atoms with E-state index in [9.17, 15) is 17.6 Å². The molecule has 6 heteroatoms. The molecule has 0 fully saturated rings. The first kappa shape index (κ1) is 14.8. The van der Waals surface area contributed by atoms with Gasteiger partial charge in [-0.15, -0.1) is 0 Å². The Bertz CT molecular complexity index is 590. The maximum Gasteiger partial charge on any atom is 0.416 e. The number of hydrogen-bond donors (Lipinski definition) is 1. The van der Waals surface area contributed by atoms with Crippen LogP contribution in [0.15, 0.2) is 46.9 Å². The van der Waals surface area contributed by atoms with Crippen LogP contribution in [0.3, 0.4) is 0 Å². The van der Waals surface area contributed by atoms with Crippen LogP contribution in [0.4, 0.5) is 23.2 Å². The van der Waals surface area contributed by atoms with E-state index in [0.29, 0.717) is 4.47 Å². The quantitative estimate of drug-likeness (QED) is 0.750. The predicted octanol–water partition coefficient (Wildman–Crippen LogP) is 5.22. The number of nitrogens with one attached hydrogen (secondary N) is 1. The van der Waals surface area contributed by atoms with Gasteiger partial charge < -0.3 is 5.32 Å². The minimum Gasteiger partial charge on any atom is -0.378 e. The molecular formula is C14H10BrF4N. The molecule has 2 aromatic rings. The summed E-state index contributed by atoms with van der Waals surface area (Å²) in [6.07, 6.45) is -4.43. The largest absolute Gasteiger partial charge is 0.416 e. The van der Waals surface area contributed by atoms with Gasteiger partial charge in [0, 0.05) is 11.0 Å². The third kappa shape index (κ3) is 3.30. The van der Waals surface area contributed by atoms with E-state index in [4.69, 9.17) is 0 Å². The minimum atomic E-state index is -4.43. The highest BCUT2D eigenvalue weighted by atomic mass is 79.9. The first-order chi connectivity index (χ1) is 9.39. The molecule has 0 saturated heterocycles. The molecule has 0 bridgehead atoms. The van der Waals surface area contributed by atoms with Gasteiger partial charge in [0.15, 0.2) is 0 Å². The molecule has 0 heterocycles. The summed E-state index contributed by atoms with van der Waals surface area (Å²) in [5.74, 6) is -0.524. The number of para-hydroxylation sites is 1. The SMILES string of the molecule is Fc1cccc(Br)c1NCc1ccccc1C(F)(F)F. The molecule has 0 radical (unpaired) electrons. The van der Waals surface area contributed by atoms with Crippen molar-refractivity contribution < 1.29 is 17.6 Å². The maximum absolute atomic E-state index is 13.6. The zero-order chi connectivity index (χ0) is 14.8. The standard InChI is InChI=1S/C14H10BrF4N/c15-11-6-3-7-12(16)13(11)20-8-9-4-1-2-5-10(9)14(17,18)19/h1-7,20H,8H2. The number of anilines is 1. The van der Waals surface area contributed by atoms with Crippen molar-refractivity contribution >= 4 is 21.6 Å². The van der Waals surface area contributed by atoms with Gasteiger partial charge in [0.25, 0.3) is 0 Å². The smallest absolute Gasteiger partial charge is 0.378 e. The summed E-state index contributed by atoms with van der Waals surface area (Å²) in [6, 6.07) is 9.57. The number of hydrogen-bond acceptors (Lipinski definition) is 1. The molecule has 0 spiro atoms. The summed E-state index contributed by atoms with van der Waals surface area (Å²) in [7, 11) is 0. The summed E-state index contributed by atoms with van der Waals surface area (Å²) >= 11 is 3.15. The molecule has 0 aliphatic heterocycles. The highest BCUT2D eigenvalue weighted by Gasteiger charge is 2.32. The molecule has 20 heavy (non-hydrogen) atoms. The van der Waals surface area contributed by atoms with Crippen LogP contribution in [-0.4, -0.2) is 0 Å². The molecule has 1 nitrogen and oxygen atoms in total. The summed E-state index contributed by atoms with van der Waals surface area (Å²) < 4.78 is 52.5. The first-order valence-corrected chi connectivity index (χ1v) is 6.52. The van der Waals surface area contributed by atoms with Crippen molar-refractivity contribution in [1.29, 1.82) is 0 Å². The molecule has 0 amide bonds. The fraction of sp³-hybridized carbons (Fsp3) is 0.143. The number of benzene rings is 2. The Balaban J connectivity index is 2.24. The van der Waals surface area contributed by atoms with E-state index >= 15 is 0 Å². The van der Waals surface area contributed by atoms with Crippen molar-refractivity contribution in [2.45, 2.75) is 12.7 Å². The molecule has 0 atom stereocenters. The van der Waals surface area contributed by atoms with Crippen LogP contribution in [0.5, 0.6) is 0 Å². The van der Waals surface area contributed by atoms with Crippen LogP contribution < -0.4 is 5.32 Å². The van der Waals surface area contributed by atoms with E-state index in [-0.39, 0.29) is 17.8 Å². The van der Waals surface area contributed by atoms with Gasteiger partial charge in [0.05, 0.1) is 11.3 Å². The molecule has 0 aliphatic rings. The second-order valence-corrected chi connectivity index (χ2v) is 4.96. The van der Waals surface area contributed by atoms with Gasteiger partial charge in [0.1, 0.15) is 5.82 Å². The minimum absolute atomic E-state index is 0.0650. The number of rotatable bonds is 3. The Morgan fingerprint density at radius 3 is 2.35 bits per heavy atom. The lowest BCUT2D eigenvalue weighted by molar-refractivity contribution is -0.138. The number of halogens is 5. The van der Waals surface area contributed by atoms with Crippen LogP contribution in [-0.2, 0) is 12.7 Å². The lowest BCUT2D eigenvalue weighted by Crippen LogP contribution is -2.12. The second kappa shape index (κ2) is 5.83. The van der Waals surface area contributed by atoms with Crippen LogP contribution in [0.1, 0.15) is 11.1 Å². The molecule has 0 unspecified atom stereocenters. The summed E-state index contributed by atoms with van der Waals surface area (Å²) in [5, 5.41) is 2.69. The van der Waals surface area contributed by atoms with Crippen molar-refractivity contribution in [2.24, 2.45) is 0 Å². The Kier molecular flexibility index (Phi) is 4.32. The third-order valence-electron chi connectivity index (χ3n) is 2.74. The summed E-state index contributed by atoms with van der Waals surface area (Å²) in [5.41, 5.74) is -0.514. The Labute approximate surface area is 121 Å². The van der Waals surface area contributed by atoms with E-state index in [2.05, 4.69) is 21.2 Å². The lowest BCUT2D eigenvalue weighted by Gasteiger charge is -2.14. The van der Waals surface area contributed by atoms with Gasteiger partial charge in [0.2, 0.25) is 0 Å². The van der Waals surface area contributed by atoms with Crippen molar-refractivity contribution in [3.05, 3.63) is 63.9 Å². The van der Waals surface area contributed by atoms with Gasteiger partial charge in [-0.1, -0.05) is 24.3 Å². The zero-order valence-corrected chi connectivity index (χ0v) is 11.7. The fourth-order valence-corrected chi connectivity index (χ4v) is 2.28. The van der Waals surface area contributed by atoms with E-state index in [1.165, 1.54) is 30.3 Å². The molecule has 0 aliphatic carbocycles. The van der Waals surface area contributed by atoms with Crippen LogP contribution in [0.25, 0.3) is 0 Å². The zero-order valence-electron chi connectivity index (χ0n) is 10.1. The Hall–Kier alpha value is -1.56. The van der Waals surface area contributed by atoms with Gasteiger partial charge >= 0.3 is 6.18 Å². The molecular weight excluding hydrogens is 338 g/mol. The van der Waals surface area contributed by atoms with Gasteiger partial charge in [-0.3, -0.25) is 0 Å². The molecule has 2 rings (SSSR count). The van der Waals surface area contributed by atoms with Crippen molar-refractivity contribution in [1.82, 2.24) is 0 Å². The van der Waals surface area contributed by atoms with E-state index in [1.807, 2.05) is 0 Å². The average molecular weight is 348 g/mol. The molecule has 1 N–H and O–H groups in total. The van der Waals surface area contributed by atoms with Gasteiger partial charge in [-0.05, 0) is 39.7 Å². The Morgan fingerprint density at radius 1 is 1.00 bits per heavy atom. The highest BCUT2D eigenvalue weighted by Crippen LogP contribution is 2.33. The lowest BCUT2D eigenvalue weighted by atomic mass is 10.1. The van der Waals surface area contributed by atoms with Crippen molar-refractivity contribution in [3.8, 4) is 0 Å². The average Bonchev–Trinajstić information content (AvgIpc) is 2.37. The van der Waals surface area contributed by atoms with Gasteiger partial charge in [-0.2, -0.15) is 13.2 Å². The van der Waals surface area contributed by atoms with Crippen LogP contribution in [0, 0.1) is 5.82 Å². The van der Waals surface area contributed by atoms with Gasteiger partial charge in [-0.25, -0.2) is 4.39 Å². The monoisotopic (exact) mass is 347 g/mol. The van der Waals surface area contributed by atoms with E-state index < -0.39 is 17.6 Å². The summed E-state index contributed by atoms with van der Waals surface area (Å²) in [6.45, 7) is -0.116. The topological polar surface area (TPSA) is 12.0 Å². The molecule has 106 valence electrons. The molecule has 0 aromatic heterocycles. The Morgan fingerprint density at radius 2 is 1.70 bits per heavy atom. The van der Waals surface area contributed by atoms with E-state index in [0.717, 1.165) is 6.07 Å². The predicted molar refractivity (Wildman–Crippen MR) is 72.9 cm³/mol. The van der Waals surface area contributed by atoms with E-state index in [1.54, 1.807) is 6.07 Å². The summed E-state index contributed by atoms with van der Waals surface area (Å²) in [4.78, 5) is 0. The molecule has 2 aromatic carbocycles. The van der Waals surface area contributed by atoms with Crippen LogP contribution in [0.2, 0.25) is 0 Å². The highest BCUT2D eigenvalue weighted by molar-refractivity contribution is 9.10. The third-order valence-corrected chi connectivity index (χ3v) is 3.40. The fourth-order valence-electron chi connectivity index (χ4n) is 1.80.